The Bertz CT molecular complexity index is 1430. The van der Waals surface area contributed by atoms with Crippen molar-refractivity contribution in [1.29, 1.82) is 0 Å². The average molecular weight is 585 g/mol. The Morgan fingerprint density at radius 3 is 2.73 bits per heavy atom. The monoisotopic (exact) mass is 583 g/mol. The molecule has 1 amide bonds. The molecule has 0 saturated carbocycles. The number of carbonyl (C=O) groups excluding carboxylic acids is 1. The predicted octanol–water partition coefficient (Wildman–Crippen LogP) is 7.03. The molecule has 9 heteroatoms. The number of aromatic nitrogens is 2. The zero-order valence-corrected chi connectivity index (χ0v) is 22.5. The van der Waals surface area contributed by atoms with Gasteiger partial charge < -0.3 is 14.8 Å². The third kappa shape index (κ3) is 6.78. The molecule has 4 aromatic rings. The highest BCUT2D eigenvalue weighted by atomic mass is 79.9. The molecule has 1 heterocycles. The van der Waals surface area contributed by atoms with Crippen molar-refractivity contribution < 1.29 is 18.7 Å². The molecule has 0 aliphatic rings. The number of halogens is 3. The molecular formula is C28H24BrClFN3O3. The number of anilines is 1. The third-order valence-corrected chi connectivity index (χ3v) is 6.48. The molecule has 0 radical (unpaired) electrons. The number of amides is 1. The number of hydrogen-bond donors (Lipinski definition) is 1. The van der Waals surface area contributed by atoms with Crippen LogP contribution in [0.4, 0.5) is 10.2 Å². The van der Waals surface area contributed by atoms with Gasteiger partial charge in [0, 0.05) is 28.4 Å². The first kappa shape index (κ1) is 26.4. The second kappa shape index (κ2) is 12.1. The summed E-state index contributed by atoms with van der Waals surface area (Å²) < 4.78 is 27.6. The molecular weight excluding hydrogens is 561 g/mol. The van der Waals surface area contributed by atoms with Gasteiger partial charge in [-0.1, -0.05) is 41.9 Å². The molecule has 0 aliphatic carbocycles. The Hall–Kier alpha value is -3.62. The summed E-state index contributed by atoms with van der Waals surface area (Å²) in [6, 6.07) is 17.9. The van der Waals surface area contributed by atoms with E-state index in [0.717, 1.165) is 22.4 Å². The standard InChI is InChI=1S/C28H24BrClFN3O3/c1-18-6-3-4-9-25(18)37-17-20-14-19(10-12-26(20)36-2)11-13-27(35)32-28-22(29)16-34(33-28)15-21-23(30)7-5-8-24(21)31/h3-14,16H,15,17H2,1-2H3,(H,32,33,35)/b13-11+. The van der Waals surface area contributed by atoms with Crippen LogP contribution in [0.25, 0.3) is 6.08 Å². The SMILES string of the molecule is COc1ccc(/C=C/C(=O)Nc2nn(Cc3c(F)cccc3Cl)cc2Br)cc1COc1ccccc1C. The molecule has 0 aliphatic heterocycles. The Morgan fingerprint density at radius 2 is 1.97 bits per heavy atom. The lowest BCUT2D eigenvalue weighted by molar-refractivity contribution is -0.111. The van der Waals surface area contributed by atoms with Gasteiger partial charge in [-0.15, -0.1) is 0 Å². The lowest BCUT2D eigenvalue weighted by Crippen LogP contribution is -2.10. The first-order valence-corrected chi connectivity index (χ1v) is 12.5. The third-order valence-electron chi connectivity index (χ3n) is 5.55. The number of hydrogen-bond acceptors (Lipinski definition) is 4. The summed E-state index contributed by atoms with van der Waals surface area (Å²) in [5, 5.41) is 7.36. The Morgan fingerprint density at radius 1 is 1.16 bits per heavy atom. The van der Waals surface area contributed by atoms with Crippen molar-refractivity contribution in [3.63, 3.8) is 0 Å². The van der Waals surface area contributed by atoms with Gasteiger partial charge in [-0.3, -0.25) is 9.48 Å². The van der Waals surface area contributed by atoms with Crippen LogP contribution in [-0.4, -0.2) is 22.8 Å². The highest BCUT2D eigenvalue weighted by Crippen LogP contribution is 2.26. The summed E-state index contributed by atoms with van der Waals surface area (Å²) in [6.45, 7) is 2.42. The van der Waals surface area contributed by atoms with Gasteiger partial charge in [0.25, 0.3) is 0 Å². The summed E-state index contributed by atoms with van der Waals surface area (Å²) >= 11 is 9.49. The van der Waals surface area contributed by atoms with Crippen molar-refractivity contribution in [2.75, 3.05) is 12.4 Å². The van der Waals surface area contributed by atoms with E-state index < -0.39 is 5.82 Å². The van der Waals surface area contributed by atoms with E-state index in [0.29, 0.717) is 33.2 Å². The summed E-state index contributed by atoms with van der Waals surface area (Å²) in [4.78, 5) is 12.6. The first-order valence-electron chi connectivity index (χ1n) is 11.3. The van der Waals surface area contributed by atoms with Crippen LogP contribution >= 0.6 is 27.5 Å². The van der Waals surface area contributed by atoms with Crippen molar-refractivity contribution in [2.45, 2.75) is 20.1 Å². The smallest absolute Gasteiger partial charge is 0.249 e. The van der Waals surface area contributed by atoms with Crippen LogP contribution in [0.3, 0.4) is 0 Å². The lowest BCUT2D eigenvalue weighted by Gasteiger charge is -2.12. The zero-order chi connectivity index (χ0) is 26.4. The largest absolute Gasteiger partial charge is 0.496 e. The highest BCUT2D eigenvalue weighted by Gasteiger charge is 2.13. The van der Waals surface area contributed by atoms with Crippen LogP contribution in [0.1, 0.15) is 22.3 Å². The van der Waals surface area contributed by atoms with E-state index in [2.05, 4.69) is 26.3 Å². The molecule has 1 aromatic heterocycles. The van der Waals surface area contributed by atoms with E-state index in [9.17, 15) is 9.18 Å². The molecule has 0 atom stereocenters. The minimum absolute atomic E-state index is 0.120. The summed E-state index contributed by atoms with van der Waals surface area (Å²) in [7, 11) is 1.60. The second-order valence-corrected chi connectivity index (χ2v) is 9.43. The first-order chi connectivity index (χ1) is 17.8. The quantitative estimate of drug-likeness (QED) is 0.215. The highest BCUT2D eigenvalue weighted by molar-refractivity contribution is 9.10. The number of benzene rings is 3. The summed E-state index contributed by atoms with van der Waals surface area (Å²) in [5.74, 6) is 1.01. The van der Waals surface area contributed by atoms with Crippen LogP contribution in [0.5, 0.6) is 11.5 Å². The molecule has 0 saturated heterocycles. The minimum Gasteiger partial charge on any atom is -0.496 e. The normalized spacial score (nSPS) is 11.1. The molecule has 0 spiro atoms. The van der Waals surface area contributed by atoms with Crippen molar-refractivity contribution >= 4 is 45.3 Å². The number of nitrogens with zero attached hydrogens (tertiary/aromatic N) is 2. The van der Waals surface area contributed by atoms with Gasteiger partial charge in [0.05, 0.1) is 18.1 Å². The molecule has 0 unspecified atom stereocenters. The van der Waals surface area contributed by atoms with Crippen LogP contribution in [0.2, 0.25) is 5.02 Å². The molecule has 3 aromatic carbocycles. The average Bonchev–Trinajstić information content (AvgIpc) is 3.23. The molecule has 4 rings (SSSR count). The number of ether oxygens (including phenoxy) is 2. The number of aryl methyl sites for hydroxylation is 1. The van der Waals surface area contributed by atoms with Gasteiger partial charge in [0.1, 0.15) is 23.9 Å². The van der Waals surface area contributed by atoms with Crippen LogP contribution < -0.4 is 14.8 Å². The van der Waals surface area contributed by atoms with E-state index >= 15 is 0 Å². The number of nitrogens with one attached hydrogen (secondary N) is 1. The number of methoxy groups -OCH3 is 1. The Balaban J connectivity index is 1.42. The summed E-state index contributed by atoms with van der Waals surface area (Å²) in [6.07, 6.45) is 4.75. The molecule has 190 valence electrons. The molecule has 0 bridgehead atoms. The van der Waals surface area contributed by atoms with Crippen molar-refractivity contribution in [2.24, 2.45) is 0 Å². The number of rotatable bonds is 9. The van der Waals surface area contributed by atoms with Crippen LogP contribution in [-0.2, 0) is 17.9 Å². The van der Waals surface area contributed by atoms with E-state index in [1.807, 2.05) is 49.4 Å². The topological polar surface area (TPSA) is 65.4 Å². The molecule has 6 nitrogen and oxygen atoms in total. The number of carbonyl (C=O) groups is 1. The minimum atomic E-state index is -0.421. The number of para-hydroxylation sites is 1. The van der Waals surface area contributed by atoms with Crippen LogP contribution in [0.15, 0.2) is 77.4 Å². The van der Waals surface area contributed by atoms with Crippen molar-refractivity contribution in [1.82, 2.24) is 9.78 Å². The molecule has 0 fully saturated rings. The van der Waals surface area contributed by atoms with Gasteiger partial charge in [-0.2, -0.15) is 5.10 Å². The van der Waals surface area contributed by atoms with Crippen LogP contribution in [0, 0.1) is 12.7 Å². The van der Waals surface area contributed by atoms with Gasteiger partial charge in [0.2, 0.25) is 5.91 Å². The maximum absolute atomic E-state index is 14.1. The van der Waals surface area contributed by atoms with E-state index in [-0.39, 0.29) is 12.5 Å². The van der Waals surface area contributed by atoms with E-state index in [4.69, 9.17) is 21.1 Å². The van der Waals surface area contributed by atoms with Gasteiger partial charge in [-0.05, 0) is 70.4 Å². The van der Waals surface area contributed by atoms with Gasteiger partial charge >= 0.3 is 0 Å². The maximum Gasteiger partial charge on any atom is 0.249 e. The lowest BCUT2D eigenvalue weighted by atomic mass is 10.1. The Kier molecular flexibility index (Phi) is 8.63. The van der Waals surface area contributed by atoms with Crippen molar-refractivity contribution in [3.8, 4) is 11.5 Å². The molecule has 1 N–H and O–H groups in total. The van der Waals surface area contributed by atoms with E-state index in [1.165, 1.54) is 16.8 Å². The fraction of sp³-hybridized carbons (Fsp3) is 0.143. The zero-order valence-electron chi connectivity index (χ0n) is 20.2. The van der Waals surface area contributed by atoms with Gasteiger partial charge in [-0.25, -0.2) is 4.39 Å². The van der Waals surface area contributed by atoms with Crippen molar-refractivity contribution in [3.05, 3.63) is 111 Å². The molecule has 37 heavy (non-hydrogen) atoms. The fourth-order valence-corrected chi connectivity index (χ4v) is 4.26. The summed E-state index contributed by atoms with van der Waals surface area (Å²) in [5.41, 5.74) is 3.01. The maximum atomic E-state index is 14.1. The van der Waals surface area contributed by atoms with E-state index in [1.54, 1.807) is 31.5 Å². The predicted molar refractivity (Wildman–Crippen MR) is 147 cm³/mol. The Labute approximate surface area is 227 Å². The fourth-order valence-electron chi connectivity index (χ4n) is 3.63. The van der Waals surface area contributed by atoms with Gasteiger partial charge in [0.15, 0.2) is 5.82 Å². The second-order valence-electron chi connectivity index (χ2n) is 8.17.